The molecule has 0 bridgehead atoms. The first-order valence-corrected chi connectivity index (χ1v) is 10.1. The number of carbonyl (C=O) groups excluding carboxylic acids is 1. The molecule has 0 saturated carbocycles. The molecule has 0 unspecified atom stereocenters. The van der Waals surface area contributed by atoms with E-state index in [9.17, 15) is 4.79 Å². The first-order chi connectivity index (χ1) is 13.0. The number of thiophene rings is 1. The lowest BCUT2D eigenvalue weighted by molar-refractivity contribution is 0.0954. The van der Waals surface area contributed by atoms with Gasteiger partial charge in [-0.2, -0.15) is 0 Å². The Morgan fingerprint density at radius 3 is 2.67 bits per heavy atom. The van der Waals surface area contributed by atoms with E-state index in [1.54, 1.807) is 0 Å². The molecule has 3 aromatic rings. The highest BCUT2D eigenvalue weighted by atomic mass is 32.1. The molecule has 1 N–H and O–H groups in total. The summed E-state index contributed by atoms with van der Waals surface area (Å²) in [4.78, 5) is 30.0. The third kappa shape index (κ3) is 3.51. The molecule has 0 spiro atoms. The molecule has 4 rings (SSSR count). The van der Waals surface area contributed by atoms with E-state index < -0.39 is 0 Å². The first-order valence-electron chi connectivity index (χ1n) is 9.25. The number of pyridine rings is 1. The molecule has 140 valence electrons. The van der Waals surface area contributed by atoms with Crippen molar-refractivity contribution >= 4 is 33.3 Å². The van der Waals surface area contributed by atoms with Crippen LogP contribution in [0.2, 0.25) is 0 Å². The van der Waals surface area contributed by atoms with Crippen LogP contribution in [-0.2, 0) is 6.54 Å². The van der Waals surface area contributed by atoms with Gasteiger partial charge in [0.15, 0.2) is 0 Å². The number of nitrogens with zero attached hydrogens (tertiary/aromatic N) is 4. The topological polar surface area (TPSA) is 71.0 Å². The molecule has 1 amide bonds. The van der Waals surface area contributed by atoms with Gasteiger partial charge in [-0.25, -0.2) is 15.0 Å². The summed E-state index contributed by atoms with van der Waals surface area (Å²) in [7, 11) is 0. The quantitative estimate of drug-likeness (QED) is 0.748. The van der Waals surface area contributed by atoms with Gasteiger partial charge >= 0.3 is 0 Å². The SMILES string of the molecule is Cc1nc(C)c2c(C)c(C(=O)NCc3ccc(N4CCCC4)nc3)sc2n1. The summed E-state index contributed by atoms with van der Waals surface area (Å²) in [5, 5.41) is 4.00. The molecule has 0 aliphatic carbocycles. The first kappa shape index (κ1) is 17.9. The van der Waals surface area contributed by atoms with E-state index in [4.69, 9.17) is 0 Å². The van der Waals surface area contributed by atoms with E-state index in [1.807, 2.05) is 39.1 Å². The monoisotopic (exact) mass is 381 g/mol. The van der Waals surface area contributed by atoms with Crippen molar-refractivity contribution in [3.8, 4) is 0 Å². The molecule has 0 atom stereocenters. The normalized spacial score (nSPS) is 14.1. The van der Waals surface area contributed by atoms with Crippen molar-refractivity contribution in [2.45, 2.75) is 40.2 Å². The standard InChI is InChI=1S/C20H23N5OS/c1-12-17-13(2)23-14(3)24-20(17)27-18(12)19(26)22-11-15-6-7-16(21-10-15)25-8-4-5-9-25/h6-7,10H,4-5,8-9,11H2,1-3H3,(H,22,26). The lowest BCUT2D eigenvalue weighted by Gasteiger charge is -2.16. The van der Waals surface area contributed by atoms with Crippen molar-refractivity contribution in [1.82, 2.24) is 20.3 Å². The number of anilines is 1. The average molecular weight is 382 g/mol. The number of hydrogen-bond acceptors (Lipinski definition) is 6. The van der Waals surface area contributed by atoms with Gasteiger partial charge in [-0.1, -0.05) is 6.07 Å². The Balaban J connectivity index is 1.47. The second-order valence-corrected chi connectivity index (χ2v) is 7.99. The highest BCUT2D eigenvalue weighted by Gasteiger charge is 2.18. The Labute approximate surface area is 162 Å². The summed E-state index contributed by atoms with van der Waals surface area (Å²) in [5.74, 6) is 1.68. The highest BCUT2D eigenvalue weighted by molar-refractivity contribution is 7.20. The highest BCUT2D eigenvalue weighted by Crippen LogP contribution is 2.31. The van der Waals surface area contributed by atoms with Crippen molar-refractivity contribution in [2.75, 3.05) is 18.0 Å². The largest absolute Gasteiger partial charge is 0.357 e. The van der Waals surface area contributed by atoms with Crippen LogP contribution in [0.4, 0.5) is 5.82 Å². The van der Waals surface area contributed by atoms with Gasteiger partial charge in [0.25, 0.3) is 5.91 Å². The van der Waals surface area contributed by atoms with Gasteiger partial charge in [-0.3, -0.25) is 4.79 Å². The fourth-order valence-electron chi connectivity index (χ4n) is 3.61. The van der Waals surface area contributed by atoms with Crippen molar-refractivity contribution in [3.63, 3.8) is 0 Å². The van der Waals surface area contributed by atoms with Gasteiger partial charge in [0, 0.05) is 36.9 Å². The third-order valence-electron chi connectivity index (χ3n) is 4.98. The van der Waals surface area contributed by atoms with E-state index in [2.05, 4.69) is 25.2 Å². The van der Waals surface area contributed by atoms with Crippen molar-refractivity contribution in [1.29, 1.82) is 0 Å². The van der Waals surface area contributed by atoms with Gasteiger partial charge < -0.3 is 10.2 Å². The fraction of sp³-hybridized carbons (Fsp3) is 0.400. The lowest BCUT2D eigenvalue weighted by Crippen LogP contribution is -2.23. The number of amides is 1. The van der Waals surface area contributed by atoms with Crippen LogP contribution in [0.5, 0.6) is 0 Å². The van der Waals surface area contributed by atoms with Crippen LogP contribution in [-0.4, -0.2) is 33.9 Å². The van der Waals surface area contributed by atoms with Crippen LogP contribution in [0.3, 0.4) is 0 Å². The summed E-state index contributed by atoms with van der Waals surface area (Å²) >= 11 is 1.43. The predicted molar refractivity (Wildman–Crippen MR) is 108 cm³/mol. The average Bonchev–Trinajstić information content (AvgIpc) is 3.28. The van der Waals surface area contributed by atoms with E-state index in [-0.39, 0.29) is 5.91 Å². The van der Waals surface area contributed by atoms with Gasteiger partial charge in [0.2, 0.25) is 0 Å². The van der Waals surface area contributed by atoms with Crippen molar-refractivity contribution in [2.24, 2.45) is 0 Å². The minimum Gasteiger partial charge on any atom is -0.357 e. The zero-order chi connectivity index (χ0) is 19.0. The summed E-state index contributed by atoms with van der Waals surface area (Å²) in [6, 6.07) is 4.08. The van der Waals surface area contributed by atoms with Crippen molar-refractivity contribution in [3.05, 3.63) is 45.9 Å². The zero-order valence-corrected chi connectivity index (χ0v) is 16.7. The van der Waals surface area contributed by atoms with Gasteiger partial charge in [0.05, 0.1) is 4.88 Å². The maximum Gasteiger partial charge on any atom is 0.261 e. The van der Waals surface area contributed by atoms with Crippen LogP contribution in [0.1, 0.15) is 45.2 Å². The minimum absolute atomic E-state index is 0.0730. The van der Waals surface area contributed by atoms with Crippen molar-refractivity contribution < 1.29 is 4.79 Å². The van der Waals surface area contributed by atoms with E-state index in [1.165, 1.54) is 24.2 Å². The Kier molecular flexibility index (Phi) is 4.78. The number of aryl methyl sites for hydroxylation is 3. The molecule has 3 aromatic heterocycles. The van der Waals surface area contributed by atoms with Gasteiger partial charge in [-0.05, 0) is 50.8 Å². The maximum absolute atomic E-state index is 12.7. The molecule has 7 heteroatoms. The summed E-state index contributed by atoms with van der Waals surface area (Å²) in [6.45, 7) is 8.42. The van der Waals surface area contributed by atoms with E-state index in [0.29, 0.717) is 11.4 Å². The molecule has 1 aliphatic rings. The second kappa shape index (κ2) is 7.23. The molecular formula is C20H23N5OS. The van der Waals surface area contributed by atoms with E-state index >= 15 is 0 Å². The van der Waals surface area contributed by atoms with Gasteiger partial charge in [0.1, 0.15) is 16.5 Å². The maximum atomic E-state index is 12.7. The number of nitrogens with one attached hydrogen (secondary N) is 1. The minimum atomic E-state index is -0.0730. The molecule has 27 heavy (non-hydrogen) atoms. The number of rotatable bonds is 4. The Morgan fingerprint density at radius 2 is 1.96 bits per heavy atom. The molecule has 0 aromatic carbocycles. The Morgan fingerprint density at radius 1 is 1.19 bits per heavy atom. The predicted octanol–water partition coefficient (Wildman–Crippen LogP) is 3.54. The van der Waals surface area contributed by atoms with Gasteiger partial charge in [-0.15, -0.1) is 11.3 Å². The number of hydrogen-bond donors (Lipinski definition) is 1. The van der Waals surface area contributed by atoms with Crippen LogP contribution >= 0.6 is 11.3 Å². The summed E-state index contributed by atoms with van der Waals surface area (Å²) in [5.41, 5.74) is 2.87. The number of fused-ring (bicyclic) bond motifs is 1. The zero-order valence-electron chi connectivity index (χ0n) is 15.9. The second-order valence-electron chi connectivity index (χ2n) is 6.99. The van der Waals surface area contributed by atoms with Crippen LogP contribution in [0.15, 0.2) is 18.3 Å². The van der Waals surface area contributed by atoms with Crippen LogP contribution in [0.25, 0.3) is 10.2 Å². The Hall–Kier alpha value is -2.54. The molecule has 0 radical (unpaired) electrons. The molecule has 4 heterocycles. The van der Waals surface area contributed by atoms with Crippen LogP contribution < -0.4 is 10.2 Å². The molecule has 1 fully saturated rings. The number of aromatic nitrogens is 3. The molecular weight excluding hydrogens is 358 g/mol. The van der Waals surface area contributed by atoms with Crippen LogP contribution in [0, 0.1) is 20.8 Å². The fourth-order valence-corrected chi connectivity index (χ4v) is 4.80. The smallest absolute Gasteiger partial charge is 0.261 e. The Bertz CT molecular complexity index is 990. The third-order valence-corrected chi connectivity index (χ3v) is 6.17. The number of carbonyl (C=O) groups is 1. The lowest BCUT2D eigenvalue weighted by atomic mass is 10.1. The summed E-state index contributed by atoms with van der Waals surface area (Å²) in [6.07, 6.45) is 4.32. The molecule has 1 aliphatic heterocycles. The van der Waals surface area contributed by atoms with E-state index in [0.717, 1.165) is 51.8 Å². The molecule has 1 saturated heterocycles. The molecule has 6 nitrogen and oxygen atoms in total. The summed E-state index contributed by atoms with van der Waals surface area (Å²) < 4.78 is 0.